The molecule has 0 aliphatic carbocycles. The maximum Gasteiger partial charge on any atom is 0.271 e. The molecule has 0 saturated carbocycles. The van der Waals surface area contributed by atoms with Gasteiger partial charge in [-0.1, -0.05) is 17.7 Å². The first-order valence-electron chi connectivity index (χ1n) is 9.01. The molecule has 2 atom stereocenters. The van der Waals surface area contributed by atoms with Crippen LogP contribution in [-0.2, 0) is 0 Å². The topological polar surface area (TPSA) is 70.1 Å². The van der Waals surface area contributed by atoms with Crippen LogP contribution in [0.5, 0.6) is 0 Å². The number of aromatic nitrogens is 2. The van der Waals surface area contributed by atoms with E-state index in [1.54, 1.807) is 0 Å². The van der Waals surface area contributed by atoms with E-state index in [0.29, 0.717) is 17.5 Å². The van der Waals surface area contributed by atoms with Crippen molar-refractivity contribution in [1.82, 2.24) is 20.0 Å². The molecular weight excluding hydrogens is 352 g/mol. The van der Waals surface area contributed by atoms with Gasteiger partial charge in [-0.2, -0.15) is 0 Å². The van der Waals surface area contributed by atoms with Gasteiger partial charge in [0.15, 0.2) is 0 Å². The zero-order chi connectivity index (χ0) is 17.4. The van der Waals surface area contributed by atoms with Crippen molar-refractivity contribution >= 4 is 18.3 Å². The Balaban J connectivity index is 0.00000196. The summed E-state index contributed by atoms with van der Waals surface area (Å²) in [5.74, 6) is 1.28. The average Bonchev–Trinajstić information content (AvgIpc) is 3.17. The van der Waals surface area contributed by atoms with Crippen molar-refractivity contribution in [2.75, 3.05) is 26.2 Å². The number of carbonyl (C=O) groups excluding carboxylic acids is 1. The number of benzene rings is 1. The molecule has 4 rings (SSSR count). The van der Waals surface area contributed by atoms with Crippen LogP contribution in [0.4, 0.5) is 0 Å². The molecule has 1 amide bonds. The molecule has 0 bridgehead atoms. The van der Waals surface area contributed by atoms with Crippen molar-refractivity contribution < 1.29 is 4.79 Å². The van der Waals surface area contributed by atoms with Gasteiger partial charge in [-0.25, -0.2) is 4.68 Å². The molecule has 1 aromatic heterocycles. The number of aromatic amines is 1. The quantitative estimate of drug-likeness (QED) is 0.841. The molecule has 26 heavy (non-hydrogen) atoms. The Kier molecular flexibility index (Phi) is 5.53. The molecule has 2 fully saturated rings. The molecule has 2 N–H and O–H groups in total. The highest BCUT2D eigenvalue weighted by Gasteiger charge is 2.32. The number of nitrogens with zero attached hydrogens (tertiary/aromatic N) is 2. The second-order valence-electron chi connectivity index (χ2n) is 7.23. The van der Waals surface area contributed by atoms with Crippen LogP contribution >= 0.6 is 12.4 Å². The SMILES string of the molecule is Cc1ccc(-n2[nH]c(C(=O)N3CC[C@@H]4CNC[C@@H]4CC3)cc2=O)cc1.Cl. The second-order valence-corrected chi connectivity index (χ2v) is 7.23. The third kappa shape index (κ3) is 3.57. The number of H-pyrrole nitrogens is 1. The van der Waals surface area contributed by atoms with E-state index < -0.39 is 0 Å². The number of carbonyl (C=O) groups is 1. The second kappa shape index (κ2) is 7.68. The average molecular weight is 377 g/mol. The van der Waals surface area contributed by atoms with Crippen LogP contribution in [0.3, 0.4) is 0 Å². The van der Waals surface area contributed by atoms with Gasteiger partial charge in [0.05, 0.1) is 5.69 Å². The number of hydrogen-bond donors (Lipinski definition) is 2. The van der Waals surface area contributed by atoms with E-state index in [2.05, 4.69) is 10.4 Å². The Morgan fingerprint density at radius 3 is 2.31 bits per heavy atom. The normalized spacial score (nSPS) is 22.4. The Hall–Kier alpha value is -2.05. The van der Waals surface area contributed by atoms with Gasteiger partial charge in [-0.3, -0.25) is 14.7 Å². The predicted octanol–water partition coefficient (Wildman–Crippen LogP) is 1.97. The summed E-state index contributed by atoms with van der Waals surface area (Å²) >= 11 is 0. The van der Waals surface area contributed by atoms with Gasteiger partial charge in [0.2, 0.25) is 0 Å². The van der Waals surface area contributed by atoms with Gasteiger partial charge in [0, 0.05) is 19.2 Å². The Labute approximate surface area is 159 Å². The van der Waals surface area contributed by atoms with Crippen LogP contribution < -0.4 is 10.9 Å². The summed E-state index contributed by atoms with van der Waals surface area (Å²) in [6.07, 6.45) is 2.07. The molecule has 6 nitrogen and oxygen atoms in total. The van der Waals surface area contributed by atoms with Gasteiger partial charge < -0.3 is 10.2 Å². The lowest BCUT2D eigenvalue weighted by Gasteiger charge is -2.20. The summed E-state index contributed by atoms with van der Waals surface area (Å²) < 4.78 is 1.43. The summed E-state index contributed by atoms with van der Waals surface area (Å²) in [7, 11) is 0. The van der Waals surface area contributed by atoms with Crippen molar-refractivity contribution in [2.24, 2.45) is 11.8 Å². The maximum absolute atomic E-state index is 12.9. The number of halogens is 1. The van der Waals surface area contributed by atoms with Gasteiger partial charge >= 0.3 is 0 Å². The number of likely N-dealkylation sites (tertiary alicyclic amines) is 1. The summed E-state index contributed by atoms with van der Waals surface area (Å²) in [5, 5.41) is 6.43. The Bertz CT molecular complexity index is 813. The highest BCUT2D eigenvalue weighted by Crippen LogP contribution is 2.27. The summed E-state index contributed by atoms with van der Waals surface area (Å²) in [6, 6.07) is 9.07. The van der Waals surface area contributed by atoms with E-state index in [9.17, 15) is 9.59 Å². The number of amides is 1. The monoisotopic (exact) mass is 376 g/mol. The van der Waals surface area contributed by atoms with E-state index in [1.807, 2.05) is 36.1 Å². The molecule has 2 aliphatic rings. The Morgan fingerprint density at radius 2 is 1.69 bits per heavy atom. The van der Waals surface area contributed by atoms with E-state index in [-0.39, 0.29) is 23.9 Å². The molecule has 7 heteroatoms. The third-order valence-corrected chi connectivity index (χ3v) is 5.55. The fourth-order valence-corrected chi connectivity index (χ4v) is 3.98. The highest BCUT2D eigenvalue weighted by atomic mass is 35.5. The molecule has 3 heterocycles. The minimum Gasteiger partial charge on any atom is -0.337 e. The molecule has 0 radical (unpaired) electrons. The molecule has 2 aliphatic heterocycles. The highest BCUT2D eigenvalue weighted by molar-refractivity contribution is 5.92. The zero-order valence-corrected chi connectivity index (χ0v) is 15.7. The van der Waals surface area contributed by atoms with Gasteiger partial charge in [-0.15, -0.1) is 12.4 Å². The van der Waals surface area contributed by atoms with Crippen molar-refractivity contribution in [3.63, 3.8) is 0 Å². The molecular formula is C19H25ClN4O2. The number of fused-ring (bicyclic) bond motifs is 1. The first-order chi connectivity index (χ1) is 12.1. The standard InChI is InChI=1S/C19H24N4O2.ClH/c1-13-2-4-16(5-3-13)23-18(24)10-17(21-23)19(25)22-8-6-14-11-20-12-15(14)7-9-22;/h2-5,10,14-15,20-21H,6-9,11-12H2,1H3;1H/t14-,15+;. The van der Waals surface area contributed by atoms with E-state index in [0.717, 1.165) is 50.3 Å². The lowest BCUT2D eigenvalue weighted by atomic mass is 9.92. The van der Waals surface area contributed by atoms with Crippen LogP contribution in [0.25, 0.3) is 5.69 Å². The molecule has 140 valence electrons. The molecule has 2 aromatic rings. The molecule has 0 unspecified atom stereocenters. The van der Waals surface area contributed by atoms with E-state index >= 15 is 0 Å². The van der Waals surface area contributed by atoms with Crippen molar-refractivity contribution in [3.8, 4) is 5.69 Å². The minimum absolute atomic E-state index is 0. The first-order valence-corrected chi connectivity index (χ1v) is 9.01. The number of nitrogens with one attached hydrogen (secondary N) is 2. The smallest absolute Gasteiger partial charge is 0.271 e. The van der Waals surface area contributed by atoms with Crippen molar-refractivity contribution in [1.29, 1.82) is 0 Å². The van der Waals surface area contributed by atoms with E-state index in [4.69, 9.17) is 0 Å². The lowest BCUT2D eigenvalue weighted by Crippen LogP contribution is -2.33. The first kappa shape index (κ1) is 18.7. The van der Waals surface area contributed by atoms with Crippen LogP contribution in [0.2, 0.25) is 0 Å². The van der Waals surface area contributed by atoms with Crippen molar-refractivity contribution in [3.05, 3.63) is 51.9 Å². The van der Waals surface area contributed by atoms with Crippen LogP contribution in [0.15, 0.2) is 35.1 Å². The maximum atomic E-state index is 12.9. The summed E-state index contributed by atoms with van der Waals surface area (Å²) in [4.78, 5) is 27.0. The van der Waals surface area contributed by atoms with Gasteiger partial charge in [0.1, 0.15) is 5.69 Å². The zero-order valence-electron chi connectivity index (χ0n) is 14.9. The van der Waals surface area contributed by atoms with Crippen LogP contribution in [0, 0.1) is 18.8 Å². The predicted molar refractivity (Wildman–Crippen MR) is 103 cm³/mol. The van der Waals surface area contributed by atoms with Crippen molar-refractivity contribution in [2.45, 2.75) is 19.8 Å². The molecule has 0 spiro atoms. The largest absolute Gasteiger partial charge is 0.337 e. The van der Waals surface area contributed by atoms with Crippen LogP contribution in [0.1, 0.15) is 28.9 Å². The third-order valence-electron chi connectivity index (χ3n) is 5.55. The summed E-state index contributed by atoms with van der Waals surface area (Å²) in [5.41, 5.74) is 2.04. The van der Waals surface area contributed by atoms with Crippen LogP contribution in [-0.4, -0.2) is 46.8 Å². The van der Waals surface area contributed by atoms with E-state index in [1.165, 1.54) is 10.7 Å². The Morgan fingerprint density at radius 1 is 1.08 bits per heavy atom. The number of aryl methyl sites for hydroxylation is 1. The number of hydrogen-bond acceptors (Lipinski definition) is 3. The lowest BCUT2D eigenvalue weighted by molar-refractivity contribution is 0.0752. The molecule has 2 saturated heterocycles. The van der Waals surface area contributed by atoms with Gasteiger partial charge in [0.25, 0.3) is 11.5 Å². The summed E-state index contributed by atoms with van der Waals surface area (Å²) in [6.45, 7) is 5.65. The minimum atomic E-state index is -0.205. The molecule has 1 aromatic carbocycles. The fraction of sp³-hybridized carbons (Fsp3) is 0.474. The van der Waals surface area contributed by atoms with Gasteiger partial charge in [-0.05, 0) is 56.8 Å². The fourth-order valence-electron chi connectivity index (χ4n) is 3.98. The number of rotatable bonds is 2.